The fourth-order valence-corrected chi connectivity index (χ4v) is 2.67. The minimum Gasteiger partial charge on any atom is -0.465 e. The zero-order valence-corrected chi connectivity index (χ0v) is 14.3. The molecule has 3 rings (SSSR count). The van der Waals surface area contributed by atoms with E-state index in [1.165, 1.54) is 13.2 Å². The Balaban J connectivity index is 1.58. The third-order valence-corrected chi connectivity index (χ3v) is 4.20. The second-order valence-corrected chi connectivity index (χ2v) is 6.12. The van der Waals surface area contributed by atoms with E-state index in [0.29, 0.717) is 18.2 Å². The average molecular weight is 374 g/mol. The number of anilines is 2. The Kier molecular flexibility index (Phi) is 5.16. The molecule has 27 heavy (non-hydrogen) atoms. The molecule has 6 nitrogen and oxygen atoms in total. The van der Waals surface area contributed by atoms with E-state index in [-0.39, 0.29) is 17.2 Å². The lowest BCUT2D eigenvalue weighted by Gasteiger charge is -2.08. The highest BCUT2D eigenvalue weighted by Gasteiger charge is 2.48. The van der Waals surface area contributed by atoms with Crippen LogP contribution in [-0.4, -0.2) is 24.9 Å². The van der Waals surface area contributed by atoms with Crippen molar-refractivity contribution >= 4 is 29.2 Å². The predicted octanol–water partition coefficient (Wildman–Crippen LogP) is 2.96. The van der Waals surface area contributed by atoms with Gasteiger partial charge in [0.15, 0.2) is 0 Å². The molecule has 1 aliphatic carbocycles. The standard InChI is InChI=1S/C19H16F2N2O4/c1-27-19(26)10-3-2-4-12(7-10)22-17(24)13-9-14(13)18(25)23-16-6-5-11(20)8-15(16)21/h2-8,13-14H,9H2,1H3,(H,22,24)(H,23,25). The van der Waals surface area contributed by atoms with Crippen molar-refractivity contribution in [2.24, 2.45) is 11.8 Å². The Morgan fingerprint density at radius 1 is 1.00 bits per heavy atom. The largest absolute Gasteiger partial charge is 0.465 e. The van der Waals surface area contributed by atoms with E-state index in [1.54, 1.807) is 18.2 Å². The van der Waals surface area contributed by atoms with Crippen LogP contribution in [0.4, 0.5) is 20.2 Å². The maximum atomic E-state index is 13.6. The highest BCUT2D eigenvalue weighted by atomic mass is 19.1. The number of carbonyl (C=O) groups excluding carboxylic acids is 3. The maximum Gasteiger partial charge on any atom is 0.337 e. The first kappa shape index (κ1) is 18.5. The summed E-state index contributed by atoms with van der Waals surface area (Å²) in [6.07, 6.45) is 0.317. The van der Waals surface area contributed by atoms with Gasteiger partial charge in [-0.15, -0.1) is 0 Å². The predicted molar refractivity (Wildman–Crippen MR) is 93.0 cm³/mol. The van der Waals surface area contributed by atoms with Crippen LogP contribution in [0.15, 0.2) is 42.5 Å². The fraction of sp³-hybridized carbons (Fsp3) is 0.211. The molecule has 0 saturated heterocycles. The molecule has 1 saturated carbocycles. The van der Waals surface area contributed by atoms with E-state index in [0.717, 1.165) is 12.1 Å². The van der Waals surface area contributed by atoms with Crippen molar-refractivity contribution in [1.29, 1.82) is 0 Å². The van der Waals surface area contributed by atoms with Crippen molar-refractivity contribution in [2.75, 3.05) is 17.7 Å². The van der Waals surface area contributed by atoms with Crippen LogP contribution in [0.1, 0.15) is 16.8 Å². The maximum absolute atomic E-state index is 13.6. The van der Waals surface area contributed by atoms with Crippen molar-refractivity contribution in [1.82, 2.24) is 0 Å². The van der Waals surface area contributed by atoms with Crippen LogP contribution in [-0.2, 0) is 14.3 Å². The van der Waals surface area contributed by atoms with E-state index >= 15 is 0 Å². The number of carbonyl (C=O) groups is 3. The molecule has 2 amide bonds. The SMILES string of the molecule is COC(=O)c1cccc(NC(=O)C2CC2C(=O)Nc2ccc(F)cc2F)c1. The molecule has 0 bridgehead atoms. The number of amides is 2. The van der Waals surface area contributed by atoms with Gasteiger partial charge in [-0.25, -0.2) is 13.6 Å². The van der Waals surface area contributed by atoms with Crippen LogP contribution in [0.3, 0.4) is 0 Å². The third kappa shape index (κ3) is 4.28. The van der Waals surface area contributed by atoms with Crippen molar-refractivity contribution in [3.63, 3.8) is 0 Å². The topological polar surface area (TPSA) is 84.5 Å². The summed E-state index contributed by atoms with van der Waals surface area (Å²) < 4.78 is 31.1. The number of hydrogen-bond donors (Lipinski definition) is 2. The lowest BCUT2D eigenvalue weighted by Crippen LogP contribution is -2.21. The molecule has 0 aromatic heterocycles. The van der Waals surface area contributed by atoms with Crippen LogP contribution >= 0.6 is 0 Å². The second kappa shape index (κ2) is 7.53. The van der Waals surface area contributed by atoms with Gasteiger partial charge in [-0.2, -0.15) is 0 Å². The summed E-state index contributed by atoms with van der Waals surface area (Å²) >= 11 is 0. The summed E-state index contributed by atoms with van der Waals surface area (Å²) in [4.78, 5) is 35.9. The number of hydrogen-bond acceptors (Lipinski definition) is 4. The lowest BCUT2D eigenvalue weighted by molar-refractivity contribution is -0.122. The van der Waals surface area contributed by atoms with Gasteiger partial charge in [0.2, 0.25) is 11.8 Å². The van der Waals surface area contributed by atoms with Gasteiger partial charge in [-0.1, -0.05) is 6.07 Å². The highest BCUT2D eigenvalue weighted by molar-refractivity contribution is 6.03. The van der Waals surface area contributed by atoms with E-state index in [9.17, 15) is 23.2 Å². The normalized spacial score (nSPS) is 17.7. The number of rotatable bonds is 5. The molecular formula is C19H16F2N2O4. The van der Waals surface area contributed by atoms with Gasteiger partial charge in [0.1, 0.15) is 11.6 Å². The molecule has 2 atom stereocenters. The Hall–Kier alpha value is -3.29. The van der Waals surface area contributed by atoms with Gasteiger partial charge < -0.3 is 15.4 Å². The number of methoxy groups -OCH3 is 1. The van der Waals surface area contributed by atoms with Gasteiger partial charge in [0.25, 0.3) is 0 Å². The quantitative estimate of drug-likeness (QED) is 0.788. The molecule has 0 radical (unpaired) electrons. The fourth-order valence-electron chi connectivity index (χ4n) is 2.67. The molecule has 1 fully saturated rings. The van der Waals surface area contributed by atoms with Crippen LogP contribution in [0.25, 0.3) is 0 Å². The van der Waals surface area contributed by atoms with Crippen LogP contribution in [0.5, 0.6) is 0 Å². The van der Waals surface area contributed by atoms with Crippen molar-refractivity contribution < 1.29 is 27.9 Å². The molecule has 2 aromatic rings. The minimum atomic E-state index is -0.885. The van der Waals surface area contributed by atoms with Crippen LogP contribution in [0, 0.1) is 23.5 Å². The van der Waals surface area contributed by atoms with E-state index in [2.05, 4.69) is 15.4 Å². The third-order valence-electron chi connectivity index (χ3n) is 4.20. The smallest absolute Gasteiger partial charge is 0.337 e. The summed E-state index contributed by atoms with van der Waals surface area (Å²) in [7, 11) is 1.25. The lowest BCUT2D eigenvalue weighted by atomic mass is 10.2. The second-order valence-electron chi connectivity index (χ2n) is 6.12. The molecular weight excluding hydrogens is 358 g/mol. The molecule has 8 heteroatoms. The van der Waals surface area contributed by atoms with Gasteiger partial charge in [-0.3, -0.25) is 9.59 Å². The minimum absolute atomic E-state index is 0.141. The summed E-state index contributed by atoms with van der Waals surface area (Å²) in [5, 5.41) is 5.00. The number of benzene rings is 2. The number of ether oxygens (including phenoxy) is 1. The van der Waals surface area contributed by atoms with Crippen molar-refractivity contribution in [3.05, 3.63) is 59.7 Å². The molecule has 0 heterocycles. The zero-order valence-electron chi connectivity index (χ0n) is 14.3. The van der Waals surface area contributed by atoms with Crippen molar-refractivity contribution in [3.8, 4) is 0 Å². The van der Waals surface area contributed by atoms with E-state index in [4.69, 9.17) is 0 Å². The Morgan fingerprint density at radius 3 is 2.37 bits per heavy atom. The first-order valence-corrected chi connectivity index (χ1v) is 8.14. The number of nitrogens with one attached hydrogen (secondary N) is 2. The molecule has 140 valence electrons. The molecule has 1 aliphatic rings. The monoisotopic (exact) mass is 374 g/mol. The number of esters is 1. The van der Waals surface area contributed by atoms with Crippen LogP contribution in [0.2, 0.25) is 0 Å². The first-order chi connectivity index (χ1) is 12.9. The number of halogens is 2. The summed E-state index contributed by atoms with van der Waals surface area (Å²) in [5.41, 5.74) is 0.545. The molecule has 0 aliphatic heterocycles. The summed E-state index contributed by atoms with van der Waals surface area (Å²) in [6.45, 7) is 0. The van der Waals surface area contributed by atoms with Gasteiger partial charge in [0.05, 0.1) is 30.2 Å². The van der Waals surface area contributed by atoms with Gasteiger partial charge in [-0.05, 0) is 36.8 Å². The van der Waals surface area contributed by atoms with Gasteiger partial charge >= 0.3 is 5.97 Å². The van der Waals surface area contributed by atoms with E-state index < -0.39 is 35.3 Å². The highest BCUT2D eigenvalue weighted by Crippen LogP contribution is 2.40. The molecule has 2 unspecified atom stereocenters. The van der Waals surface area contributed by atoms with E-state index in [1.807, 2.05) is 0 Å². The zero-order chi connectivity index (χ0) is 19.6. The van der Waals surface area contributed by atoms with Crippen LogP contribution < -0.4 is 10.6 Å². The Labute approximate surface area is 153 Å². The summed E-state index contributed by atoms with van der Waals surface area (Å²) in [6, 6.07) is 9.04. The van der Waals surface area contributed by atoms with Crippen molar-refractivity contribution in [2.45, 2.75) is 6.42 Å². The van der Waals surface area contributed by atoms with Gasteiger partial charge in [0, 0.05) is 11.8 Å². The Bertz CT molecular complexity index is 916. The summed E-state index contributed by atoms with van der Waals surface area (Å²) in [5.74, 6) is -4.21. The first-order valence-electron chi connectivity index (χ1n) is 8.14. The molecule has 0 spiro atoms. The average Bonchev–Trinajstić information content (AvgIpc) is 3.44. The Morgan fingerprint density at radius 2 is 1.70 bits per heavy atom. The molecule has 2 aromatic carbocycles. The molecule has 2 N–H and O–H groups in total.